The zero-order valence-corrected chi connectivity index (χ0v) is 18.9. The summed E-state index contributed by atoms with van der Waals surface area (Å²) in [7, 11) is 0. The molecule has 0 aliphatic heterocycles. The summed E-state index contributed by atoms with van der Waals surface area (Å²) in [5.41, 5.74) is 6.00. The lowest BCUT2D eigenvalue weighted by Gasteiger charge is -2.08. The van der Waals surface area contributed by atoms with Gasteiger partial charge in [-0.1, -0.05) is 35.9 Å². The Morgan fingerprint density at radius 2 is 1.76 bits per heavy atom. The Hall–Kier alpha value is -4.33. The standard InChI is InChI=1S/C26H23N7O/c1-16-3-6-19(7-4-16)22-11-24(33(31-22)23-10-5-17(2)12-27-23)30-26(34)21-14-29-32-15-20(18-8-9-18)13-28-25(21)32/h3-7,10-15,18H,8-9H2,1-2H3,(H,30,34). The number of amides is 1. The predicted molar refractivity (Wildman–Crippen MR) is 129 cm³/mol. The average molecular weight is 450 g/mol. The van der Waals surface area contributed by atoms with Gasteiger partial charge in [0.1, 0.15) is 11.4 Å². The van der Waals surface area contributed by atoms with Crippen molar-refractivity contribution in [2.45, 2.75) is 32.6 Å². The number of anilines is 1. The molecular weight excluding hydrogens is 426 g/mol. The summed E-state index contributed by atoms with van der Waals surface area (Å²) < 4.78 is 3.33. The Labute approximate surface area is 196 Å². The molecule has 8 nitrogen and oxygen atoms in total. The van der Waals surface area contributed by atoms with Gasteiger partial charge in [0.25, 0.3) is 5.91 Å². The molecule has 1 aromatic carbocycles. The number of carbonyl (C=O) groups excluding carboxylic acids is 1. The van der Waals surface area contributed by atoms with E-state index < -0.39 is 0 Å². The van der Waals surface area contributed by atoms with E-state index in [1.807, 2.05) is 68.7 Å². The third kappa shape index (κ3) is 3.73. The minimum atomic E-state index is -0.301. The molecule has 8 heteroatoms. The first-order valence-electron chi connectivity index (χ1n) is 11.3. The number of fused-ring (bicyclic) bond motifs is 1. The van der Waals surface area contributed by atoms with Gasteiger partial charge in [-0.05, 0) is 49.8 Å². The second-order valence-corrected chi connectivity index (χ2v) is 8.83. The molecule has 0 unspecified atom stereocenters. The average Bonchev–Trinajstić information content (AvgIpc) is 3.48. The van der Waals surface area contributed by atoms with Crippen LogP contribution < -0.4 is 5.32 Å². The van der Waals surface area contributed by atoms with E-state index in [0.717, 1.165) is 22.4 Å². The van der Waals surface area contributed by atoms with Gasteiger partial charge < -0.3 is 5.32 Å². The van der Waals surface area contributed by atoms with Crippen LogP contribution >= 0.6 is 0 Å². The molecule has 0 radical (unpaired) electrons. The molecule has 34 heavy (non-hydrogen) atoms. The van der Waals surface area contributed by atoms with Gasteiger partial charge in [0, 0.05) is 30.2 Å². The van der Waals surface area contributed by atoms with Crippen molar-refractivity contribution in [1.82, 2.24) is 29.4 Å². The molecule has 4 aromatic heterocycles. The van der Waals surface area contributed by atoms with E-state index in [1.165, 1.54) is 18.4 Å². The van der Waals surface area contributed by atoms with Crippen LogP contribution in [0.3, 0.4) is 0 Å². The quantitative estimate of drug-likeness (QED) is 0.419. The van der Waals surface area contributed by atoms with Crippen LogP contribution in [0.1, 0.15) is 45.8 Å². The highest BCUT2D eigenvalue weighted by atomic mass is 16.1. The van der Waals surface area contributed by atoms with Gasteiger partial charge in [-0.3, -0.25) is 4.79 Å². The molecule has 168 valence electrons. The number of nitrogens with zero attached hydrogens (tertiary/aromatic N) is 6. The smallest absolute Gasteiger partial charge is 0.262 e. The van der Waals surface area contributed by atoms with Crippen molar-refractivity contribution in [2.24, 2.45) is 0 Å². The fourth-order valence-electron chi connectivity index (χ4n) is 3.96. The minimum Gasteiger partial charge on any atom is -0.306 e. The Morgan fingerprint density at radius 1 is 0.971 bits per heavy atom. The number of aryl methyl sites for hydroxylation is 2. The normalized spacial score (nSPS) is 13.4. The largest absolute Gasteiger partial charge is 0.306 e. The fourth-order valence-corrected chi connectivity index (χ4v) is 3.96. The van der Waals surface area contributed by atoms with Crippen LogP contribution in [0.4, 0.5) is 5.82 Å². The lowest BCUT2D eigenvalue weighted by atomic mass is 10.1. The number of hydrogen-bond acceptors (Lipinski definition) is 5. The van der Waals surface area contributed by atoms with E-state index in [1.54, 1.807) is 21.6 Å². The highest BCUT2D eigenvalue weighted by Crippen LogP contribution is 2.39. The maximum Gasteiger partial charge on any atom is 0.262 e. The highest BCUT2D eigenvalue weighted by molar-refractivity contribution is 6.08. The summed E-state index contributed by atoms with van der Waals surface area (Å²) >= 11 is 0. The van der Waals surface area contributed by atoms with Gasteiger partial charge in [-0.25, -0.2) is 14.5 Å². The third-order valence-electron chi connectivity index (χ3n) is 6.08. The number of pyridine rings is 1. The van der Waals surface area contributed by atoms with Crippen LogP contribution in [0, 0.1) is 13.8 Å². The van der Waals surface area contributed by atoms with Crippen molar-refractivity contribution in [3.05, 3.63) is 89.5 Å². The molecule has 1 aliphatic rings. The molecule has 0 bridgehead atoms. The van der Waals surface area contributed by atoms with Crippen LogP contribution in [0.2, 0.25) is 0 Å². The van der Waals surface area contributed by atoms with Crippen LogP contribution in [-0.2, 0) is 0 Å². The molecule has 1 amide bonds. The third-order valence-corrected chi connectivity index (χ3v) is 6.08. The summed E-state index contributed by atoms with van der Waals surface area (Å²) in [4.78, 5) is 22.3. The second-order valence-electron chi connectivity index (χ2n) is 8.83. The molecule has 0 spiro atoms. The van der Waals surface area contributed by atoms with Crippen molar-refractivity contribution >= 4 is 17.4 Å². The summed E-state index contributed by atoms with van der Waals surface area (Å²) in [6, 6.07) is 13.8. The Kier molecular flexibility index (Phi) is 4.72. The van der Waals surface area contributed by atoms with Gasteiger partial charge in [-0.15, -0.1) is 0 Å². The Balaban J connectivity index is 1.37. The van der Waals surface area contributed by atoms with Crippen molar-refractivity contribution in [3.8, 4) is 17.1 Å². The van der Waals surface area contributed by atoms with Gasteiger partial charge in [0.05, 0.1) is 11.9 Å². The van der Waals surface area contributed by atoms with E-state index in [-0.39, 0.29) is 5.91 Å². The summed E-state index contributed by atoms with van der Waals surface area (Å²) in [5, 5.41) is 12.1. The van der Waals surface area contributed by atoms with E-state index in [0.29, 0.717) is 28.8 Å². The maximum atomic E-state index is 13.3. The van der Waals surface area contributed by atoms with E-state index in [9.17, 15) is 4.79 Å². The van der Waals surface area contributed by atoms with Crippen molar-refractivity contribution in [1.29, 1.82) is 0 Å². The number of benzene rings is 1. The summed E-state index contributed by atoms with van der Waals surface area (Å²) in [5.74, 6) is 1.40. The zero-order valence-electron chi connectivity index (χ0n) is 18.9. The van der Waals surface area contributed by atoms with Crippen molar-refractivity contribution in [3.63, 3.8) is 0 Å². The number of nitrogens with one attached hydrogen (secondary N) is 1. The molecule has 1 fully saturated rings. The Morgan fingerprint density at radius 3 is 2.50 bits per heavy atom. The summed E-state index contributed by atoms with van der Waals surface area (Å²) in [6.07, 6.45) is 9.51. The first-order valence-corrected chi connectivity index (χ1v) is 11.3. The molecule has 0 saturated heterocycles. The SMILES string of the molecule is Cc1ccc(-c2cc(NC(=O)c3cnn4cc(C5CC5)cnc34)n(-c3ccc(C)cn3)n2)cc1. The van der Waals surface area contributed by atoms with Gasteiger partial charge in [0.15, 0.2) is 11.5 Å². The van der Waals surface area contributed by atoms with E-state index in [2.05, 4.69) is 20.4 Å². The number of hydrogen-bond donors (Lipinski definition) is 1. The highest BCUT2D eigenvalue weighted by Gasteiger charge is 2.25. The summed E-state index contributed by atoms with van der Waals surface area (Å²) in [6.45, 7) is 4.02. The number of rotatable bonds is 5. The lowest BCUT2D eigenvalue weighted by molar-refractivity contribution is 0.102. The lowest BCUT2D eigenvalue weighted by Crippen LogP contribution is -2.15. The van der Waals surface area contributed by atoms with Crippen LogP contribution in [-0.4, -0.2) is 35.3 Å². The number of carbonyl (C=O) groups is 1. The first kappa shape index (κ1) is 20.3. The van der Waals surface area contributed by atoms with Crippen LogP contribution in [0.25, 0.3) is 22.7 Å². The zero-order chi connectivity index (χ0) is 23.2. The predicted octanol–water partition coefficient (Wildman–Crippen LogP) is 4.72. The van der Waals surface area contributed by atoms with Gasteiger partial charge in [-0.2, -0.15) is 14.9 Å². The van der Waals surface area contributed by atoms with Gasteiger partial charge in [0.2, 0.25) is 0 Å². The first-order chi connectivity index (χ1) is 16.5. The van der Waals surface area contributed by atoms with Crippen LogP contribution in [0.15, 0.2) is 67.3 Å². The molecular formula is C26H23N7O. The number of aromatic nitrogens is 6. The molecule has 1 N–H and O–H groups in total. The maximum absolute atomic E-state index is 13.3. The molecule has 4 heterocycles. The molecule has 0 atom stereocenters. The van der Waals surface area contributed by atoms with Gasteiger partial charge >= 0.3 is 0 Å². The van der Waals surface area contributed by atoms with E-state index >= 15 is 0 Å². The topological polar surface area (TPSA) is 90.0 Å². The molecule has 1 saturated carbocycles. The second kappa shape index (κ2) is 7.91. The van der Waals surface area contributed by atoms with Crippen LogP contribution in [0.5, 0.6) is 0 Å². The van der Waals surface area contributed by atoms with E-state index in [4.69, 9.17) is 5.10 Å². The monoisotopic (exact) mass is 449 g/mol. The Bertz CT molecular complexity index is 1510. The van der Waals surface area contributed by atoms with Crippen molar-refractivity contribution < 1.29 is 4.79 Å². The fraction of sp³-hybridized carbons (Fsp3) is 0.192. The molecule has 6 rings (SSSR count). The minimum absolute atomic E-state index is 0.301. The molecule has 5 aromatic rings. The molecule has 1 aliphatic carbocycles. The van der Waals surface area contributed by atoms with Crippen molar-refractivity contribution in [2.75, 3.05) is 5.32 Å².